The summed E-state index contributed by atoms with van der Waals surface area (Å²) < 4.78 is 48.3. The summed E-state index contributed by atoms with van der Waals surface area (Å²) in [5, 5.41) is 6.12. The Labute approximate surface area is 252 Å². The number of H-pyrrole nitrogens is 1. The number of hydrogen-bond acceptors (Lipinski definition) is 6. The lowest BCUT2D eigenvalue weighted by Crippen LogP contribution is -2.29. The zero-order valence-corrected chi connectivity index (χ0v) is 24.1. The Hall–Kier alpha value is -5.05. The zero-order valence-electron chi connectivity index (χ0n) is 22.0. The zero-order chi connectivity index (χ0) is 30.0. The van der Waals surface area contributed by atoms with Crippen molar-refractivity contribution in [2.75, 3.05) is 11.1 Å². The summed E-state index contributed by atoms with van der Waals surface area (Å²) in [5.41, 5.74) is 9.04. The van der Waals surface area contributed by atoms with Crippen molar-refractivity contribution in [3.8, 4) is 28.0 Å². The number of nitrogen functional groups attached to an aromatic ring is 1. The number of benzene rings is 2. The SMILES string of the molecule is Nc1nc2[nH]ccc2cc1-c1ccc(OC2=IC=C(NC(=O)Nc3cc(C(F)(F)F)ccc3-c3cccnc3)C=N2)cc1. The number of anilines is 2. The number of alkyl halides is 3. The molecule has 43 heavy (non-hydrogen) atoms. The number of carbonyl (C=O) groups excluding carboxylic acids is 1. The Bertz CT molecular complexity index is 1920. The first-order chi connectivity index (χ1) is 20.7. The van der Waals surface area contributed by atoms with Gasteiger partial charge in [-0.05, 0) is 68.8 Å². The molecule has 9 nitrogen and oxygen atoms in total. The second-order valence-electron chi connectivity index (χ2n) is 9.23. The van der Waals surface area contributed by atoms with Gasteiger partial charge in [0.05, 0.1) is 23.2 Å². The van der Waals surface area contributed by atoms with Crippen molar-refractivity contribution in [2.45, 2.75) is 6.18 Å². The fourth-order valence-corrected chi connectivity index (χ4v) is 5.90. The first-order valence-corrected chi connectivity index (χ1v) is 15.0. The maximum absolute atomic E-state index is 13.4. The molecule has 0 bridgehead atoms. The van der Waals surface area contributed by atoms with Gasteiger partial charge in [0.1, 0.15) is 17.2 Å². The molecule has 5 N–H and O–H groups in total. The molecule has 0 atom stereocenters. The molecule has 1 aliphatic rings. The topological polar surface area (TPSA) is 130 Å². The maximum atomic E-state index is 13.4. The van der Waals surface area contributed by atoms with Crippen molar-refractivity contribution in [1.29, 1.82) is 0 Å². The number of fused-ring (bicyclic) bond motifs is 1. The van der Waals surface area contributed by atoms with E-state index < -0.39 is 38.5 Å². The third kappa shape index (κ3) is 6.40. The number of aromatic amines is 1. The molecule has 0 saturated heterocycles. The minimum atomic E-state index is -4.57. The number of amides is 2. The molecule has 4 heterocycles. The summed E-state index contributed by atoms with van der Waals surface area (Å²) in [6.07, 6.45) is 1.72. The molecule has 0 saturated carbocycles. The summed E-state index contributed by atoms with van der Waals surface area (Å²) in [5.74, 6) is 0.996. The van der Waals surface area contributed by atoms with E-state index in [0.29, 0.717) is 32.2 Å². The number of rotatable bonds is 6. The van der Waals surface area contributed by atoms with Crippen molar-refractivity contribution in [3.63, 3.8) is 0 Å². The van der Waals surface area contributed by atoms with Crippen LogP contribution in [-0.2, 0) is 6.18 Å². The number of aliphatic imine (C=N–C) groups is 1. The first-order valence-electron chi connectivity index (χ1n) is 12.7. The van der Waals surface area contributed by atoms with Gasteiger partial charge in [-0.3, -0.25) is 4.98 Å². The molecule has 3 aromatic heterocycles. The largest absolute Gasteiger partial charge is 0.434 e. The Morgan fingerprint density at radius 3 is 2.53 bits per heavy atom. The number of allylic oxidation sites excluding steroid dienone is 1. The van der Waals surface area contributed by atoms with Crippen molar-refractivity contribution in [1.82, 2.24) is 20.3 Å². The van der Waals surface area contributed by atoms with Crippen LogP contribution in [0.2, 0.25) is 0 Å². The van der Waals surface area contributed by atoms with Gasteiger partial charge in [-0.15, -0.1) is 0 Å². The molecule has 1 aliphatic heterocycles. The number of nitrogens with two attached hydrogens (primary N) is 1. The van der Waals surface area contributed by atoms with E-state index in [1.54, 1.807) is 28.6 Å². The summed E-state index contributed by atoms with van der Waals surface area (Å²) in [4.78, 5) is 28.5. The molecule has 0 aliphatic carbocycles. The Morgan fingerprint density at radius 1 is 0.977 bits per heavy atom. The predicted octanol–water partition coefficient (Wildman–Crippen LogP) is 7.08. The fraction of sp³-hybridized carbons (Fsp3) is 0.0333. The van der Waals surface area contributed by atoms with Crippen LogP contribution in [0, 0.1) is 0 Å². The van der Waals surface area contributed by atoms with E-state index in [9.17, 15) is 18.0 Å². The van der Waals surface area contributed by atoms with Gasteiger partial charge in [0.2, 0.25) is 0 Å². The monoisotopic (exact) mass is 695 g/mol. The van der Waals surface area contributed by atoms with E-state index in [1.807, 2.05) is 36.4 Å². The highest BCUT2D eigenvalue weighted by atomic mass is 127. The molecular weight excluding hydrogens is 674 g/mol. The van der Waals surface area contributed by atoms with Crippen molar-refractivity contribution < 1.29 is 22.7 Å². The van der Waals surface area contributed by atoms with Crippen LogP contribution in [0.5, 0.6) is 5.75 Å². The highest BCUT2D eigenvalue weighted by Crippen LogP contribution is 2.36. The lowest BCUT2D eigenvalue weighted by molar-refractivity contribution is -0.137. The number of carbonyl (C=O) groups is 1. The molecule has 5 aromatic rings. The average molecular weight is 695 g/mol. The van der Waals surface area contributed by atoms with Gasteiger partial charge >= 0.3 is 12.2 Å². The fourth-order valence-electron chi connectivity index (χ4n) is 4.30. The van der Waals surface area contributed by atoms with Crippen LogP contribution in [0.3, 0.4) is 0 Å². The lowest BCUT2D eigenvalue weighted by Gasteiger charge is -2.16. The van der Waals surface area contributed by atoms with E-state index >= 15 is 0 Å². The van der Waals surface area contributed by atoms with Crippen molar-refractivity contribution in [2.24, 2.45) is 4.99 Å². The van der Waals surface area contributed by atoms with Gasteiger partial charge in [0, 0.05) is 44.7 Å². The molecular formula is C30H21F3IN7O2. The van der Waals surface area contributed by atoms with Gasteiger partial charge < -0.3 is 26.1 Å². The standard InChI is InChI=1S/C30H21F3IN7O2/c31-30(32,33)20-5-8-23(19-2-1-10-36-15-19)25(13-20)40-29(42)39-21-14-34-28(38-16-21)43-22-6-3-17(4-7-22)24-12-18-9-11-37-27(18)41-26(24)35/h1-16H,(H3,35,37,41)(H2,39,40,42). The van der Waals surface area contributed by atoms with E-state index in [2.05, 4.69) is 30.6 Å². The molecule has 6 rings (SSSR count). The Balaban J connectivity index is 1.12. The molecule has 0 unspecified atom stereocenters. The second-order valence-corrected chi connectivity index (χ2v) is 11.4. The highest BCUT2D eigenvalue weighted by Gasteiger charge is 2.31. The second kappa shape index (κ2) is 11.7. The van der Waals surface area contributed by atoms with Gasteiger partial charge in [0.25, 0.3) is 3.82 Å². The quantitative estimate of drug-likeness (QED) is 0.141. The van der Waals surface area contributed by atoms with E-state index in [4.69, 9.17) is 10.5 Å². The van der Waals surface area contributed by atoms with E-state index in [0.717, 1.165) is 34.3 Å². The number of urea groups is 1. The Kier molecular flexibility index (Phi) is 7.63. The number of halogens is 4. The van der Waals surface area contributed by atoms with Gasteiger partial charge in [-0.2, -0.15) is 13.2 Å². The summed E-state index contributed by atoms with van der Waals surface area (Å²) in [6.45, 7) is 0. The van der Waals surface area contributed by atoms with Crippen molar-refractivity contribution >= 4 is 59.3 Å². The van der Waals surface area contributed by atoms with Crippen LogP contribution in [0.1, 0.15) is 5.56 Å². The number of pyridine rings is 2. The van der Waals surface area contributed by atoms with E-state index in [-0.39, 0.29) is 5.69 Å². The molecule has 2 amide bonds. The van der Waals surface area contributed by atoms with Crippen molar-refractivity contribution in [3.05, 3.63) is 101 Å². The summed E-state index contributed by atoms with van der Waals surface area (Å²) >= 11 is -0.845. The normalized spacial score (nSPS) is 13.1. The van der Waals surface area contributed by atoms with E-state index in [1.165, 1.54) is 18.5 Å². The molecule has 216 valence electrons. The lowest BCUT2D eigenvalue weighted by atomic mass is 10.0. The Morgan fingerprint density at radius 2 is 1.81 bits per heavy atom. The van der Waals surface area contributed by atoms with Crippen LogP contribution < -0.4 is 21.1 Å². The number of hydrogen-bond donors (Lipinski definition) is 4. The number of ether oxygens (including phenoxy) is 1. The van der Waals surface area contributed by atoms with Crippen LogP contribution in [0.25, 0.3) is 33.3 Å². The molecule has 2 aromatic carbocycles. The third-order valence-corrected chi connectivity index (χ3v) is 8.34. The van der Waals surface area contributed by atoms with Crippen LogP contribution in [0.4, 0.5) is 29.5 Å². The average Bonchev–Trinajstić information content (AvgIpc) is 3.45. The summed E-state index contributed by atoms with van der Waals surface area (Å²) in [7, 11) is 0. The number of aromatic nitrogens is 3. The smallest absolute Gasteiger partial charge is 0.416 e. The molecule has 0 fully saturated rings. The third-order valence-electron chi connectivity index (χ3n) is 6.33. The molecule has 0 radical (unpaired) electrons. The van der Waals surface area contributed by atoms with Gasteiger partial charge in [-0.1, -0.05) is 24.3 Å². The molecule has 0 spiro atoms. The highest BCUT2D eigenvalue weighted by molar-refractivity contribution is 14.2. The van der Waals surface area contributed by atoms with Crippen LogP contribution >= 0.6 is 20.7 Å². The van der Waals surface area contributed by atoms with Crippen LogP contribution in [-0.4, -0.2) is 31.0 Å². The van der Waals surface area contributed by atoms with Gasteiger partial charge in [-0.25, -0.2) is 14.8 Å². The minimum Gasteiger partial charge on any atom is -0.434 e. The first kappa shape index (κ1) is 28.1. The van der Waals surface area contributed by atoms with Crippen LogP contribution in [0.15, 0.2) is 100 Å². The maximum Gasteiger partial charge on any atom is 0.416 e. The number of nitrogens with one attached hydrogen (secondary N) is 3. The molecule has 13 heteroatoms. The number of nitrogens with zero attached hydrogens (tertiary/aromatic N) is 3. The predicted molar refractivity (Wildman–Crippen MR) is 169 cm³/mol. The minimum absolute atomic E-state index is 0.00652. The van der Waals surface area contributed by atoms with Gasteiger partial charge in [0.15, 0.2) is 0 Å². The summed E-state index contributed by atoms with van der Waals surface area (Å²) in [6, 6.07) is 17.1.